The van der Waals surface area contributed by atoms with Crippen LogP contribution in [0.5, 0.6) is 0 Å². The minimum Gasteiger partial charge on any atom is -0.395 e. The molecule has 2 atom stereocenters. The molecule has 0 spiro atoms. The molecule has 0 radical (unpaired) electrons. The van der Waals surface area contributed by atoms with E-state index in [1.807, 2.05) is 0 Å². The van der Waals surface area contributed by atoms with E-state index in [0.29, 0.717) is 5.92 Å². The molecule has 84 valence electrons. The van der Waals surface area contributed by atoms with Crippen LogP contribution in [0.2, 0.25) is 0 Å². The molecule has 14 heavy (non-hydrogen) atoms. The van der Waals surface area contributed by atoms with E-state index in [9.17, 15) is 0 Å². The number of hydrogen-bond donors (Lipinski definition) is 2. The summed E-state index contributed by atoms with van der Waals surface area (Å²) in [5.41, 5.74) is 0. The van der Waals surface area contributed by atoms with Crippen LogP contribution < -0.4 is 5.32 Å². The summed E-state index contributed by atoms with van der Waals surface area (Å²) < 4.78 is 0. The van der Waals surface area contributed by atoms with Crippen LogP contribution in [0, 0.1) is 5.92 Å². The van der Waals surface area contributed by atoms with Gasteiger partial charge in [-0.15, -0.1) is 0 Å². The van der Waals surface area contributed by atoms with Crippen molar-refractivity contribution >= 4 is 0 Å². The summed E-state index contributed by atoms with van der Waals surface area (Å²) in [6, 6.07) is 1.08. The zero-order chi connectivity index (χ0) is 10.6. The van der Waals surface area contributed by atoms with Gasteiger partial charge in [0.1, 0.15) is 0 Å². The molecule has 1 fully saturated rings. The topological polar surface area (TPSA) is 35.5 Å². The lowest BCUT2D eigenvalue weighted by Gasteiger charge is -2.26. The van der Waals surface area contributed by atoms with Gasteiger partial charge in [0.05, 0.1) is 6.61 Å². The summed E-state index contributed by atoms with van der Waals surface area (Å²) in [5.74, 6) is 0.662. The van der Waals surface area contributed by atoms with E-state index >= 15 is 0 Å². The molecule has 1 aliphatic carbocycles. The molecule has 0 aromatic heterocycles. The number of likely N-dealkylation sites (N-methyl/N-ethyl adjacent to an activating group) is 1. The van der Waals surface area contributed by atoms with Gasteiger partial charge < -0.3 is 15.3 Å². The summed E-state index contributed by atoms with van der Waals surface area (Å²) >= 11 is 0. The van der Waals surface area contributed by atoms with Crippen LogP contribution in [0.4, 0.5) is 0 Å². The maximum Gasteiger partial charge on any atom is 0.0584 e. The molecule has 0 amide bonds. The van der Waals surface area contributed by atoms with Crippen molar-refractivity contribution in [2.45, 2.75) is 38.8 Å². The Morgan fingerprint density at radius 3 is 2.57 bits per heavy atom. The molecule has 2 N–H and O–H groups in total. The van der Waals surface area contributed by atoms with Crippen LogP contribution in [0.25, 0.3) is 0 Å². The highest BCUT2D eigenvalue weighted by atomic mass is 16.3. The summed E-state index contributed by atoms with van der Waals surface area (Å²) in [6.07, 6.45) is 2.71. The molecule has 0 aliphatic heterocycles. The minimum absolute atomic E-state index is 0.249. The fourth-order valence-electron chi connectivity index (χ4n) is 1.53. The SMILES string of the molecule is CC(CNC1CC1)CN(C)C(C)CO. The molecule has 0 bridgehead atoms. The fraction of sp³-hybridized carbons (Fsp3) is 1.00. The minimum atomic E-state index is 0.249. The summed E-state index contributed by atoms with van der Waals surface area (Å²) in [4.78, 5) is 2.22. The van der Waals surface area contributed by atoms with Gasteiger partial charge in [-0.25, -0.2) is 0 Å². The maximum absolute atomic E-state index is 8.99. The second-order valence-corrected chi connectivity index (χ2v) is 4.76. The molecule has 1 saturated carbocycles. The Hall–Kier alpha value is -0.120. The summed E-state index contributed by atoms with van der Waals surface area (Å²) in [6.45, 7) is 6.73. The zero-order valence-electron chi connectivity index (χ0n) is 9.66. The van der Waals surface area contributed by atoms with E-state index in [0.717, 1.165) is 19.1 Å². The van der Waals surface area contributed by atoms with Gasteiger partial charge in [0.2, 0.25) is 0 Å². The standard InChI is InChI=1S/C11H24N2O/c1-9(6-12-11-4-5-11)7-13(3)10(2)8-14/h9-12,14H,4-8H2,1-3H3. The molecule has 2 unspecified atom stereocenters. The smallest absolute Gasteiger partial charge is 0.0584 e. The monoisotopic (exact) mass is 200 g/mol. The first-order valence-electron chi connectivity index (χ1n) is 5.68. The molecule has 3 nitrogen and oxygen atoms in total. The normalized spacial score (nSPS) is 21.2. The van der Waals surface area contributed by atoms with Crippen molar-refractivity contribution in [1.82, 2.24) is 10.2 Å². The lowest BCUT2D eigenvalue weighted by Crippen LogP contribution is -2.38. The number of hydrogen-bond acceptors (Lipinski definition) is 3. The Morgan fingerprint density at radius 1 is 1.43 bits per heavy atom. The Labute approximate surface area is 87.5 Å². The lowest BCUT2D eigenvalue weighted by atomic mass is 10.1. The van der Waals surface area contributed by atoms with Gasteiger partial charge in [0.15, 0.2) is 0 Å². The quantitative estimate of drug-likeness (QED) is 0.634. The van der Waals surface area contributed by atoms with Crippen molar-refractivity contribution in [3.8, 4) is 0 Å². The van der Waals surface area contributed by atoms with Crippen molar-refractivity contribution in [3.63, 3.8) is 0 Å². The average molecular weight is 200 g/mol. The average Bonchev–Trinajstić information content (AvgIpc) is 2.96. The van der Waals surface area contributed by atoms with Crippen LogP contribution in [0.1, 0.15) is 26.7 Å². The van der Waals surface area contributed by atoms with E-state index in [-0.39, 0.29) is 12.6 Å². The van der Waals surface area contributed by atoms with Gasteiger partial charge in [-0.2, -0.15) is 0 Å². The van der Waals surface area contributed by atoms with Crippen LogP contribution in [0.3, 0.4) is 0 Å². The van der Waals surface area contributed by atoms with Crippen molar-refractivity contribution in [2.75, 3.05) is 26.7 Å². The van der Waals surface area contributed by atoms with Gasteiger partial charge in [-0.1, -0.05) is 6.92 Å². The van der Waals surface area contributed by atoms with Gasteiger partial charge in [0.25, 0.3) is 0 Å². The van der Waals surface area contributed by atoms with E-state index in [4.69, 9.17) is 5.11 Å². The molecule has 1 aliphatic rings. The number of aliphatic hydroxyl groups is 1. The first kappa shape index (κ1) is 12.0. The summed E-state index contributed by atoms with van der Waals surface area (Å²) in [7, 11) is 2.08. The van der Waals surface area contributed by atoms with Gasteiger partial charge >= 0.3 is 0 Å². The van der Waals surface area contributed by atoms with Crippen molar-refractivity contribution in [1.29, 1.82) is 0 Å². The van der Waals surface area contributed by atoms with Gasteiger partial charge in [-0.05, 0) is 39.3 Å². The van der Waals surface area contributed by atoms with E-state index in [1.165, 1.54) is 12.8 Å². The molecule has 0 saturated heterocycles. The maximum atomic E-state index is 8.99. The Kier molecular flexibility index (Phi) is 4.85. The first-order chi connectivity index (χ1) is 6.63. The molecule has 3 heteroatoms. The van der Waals surface area contributed by atoms with E-state index in [2.05, 4.69) is 31.1 Å². The predicted molar refractivity (Wildman–Crippen MR) is 59.4 cm³/mol. The van der Waals surface area contributed by atoms with Crippen LogP contribution in [0.15, 0.2) is 0 Å². The molecule has 0 aromatic carbocycles. The molecular weight excluding hydrogens is 176 g/mol. The highest BCUT2D eigenvalue weighted by Crippen LogP contribution is 2.18. The first-order valence-corrected chi connectivity index (χ1v) is 5.68. The third-order valence-corrected chi connectivity index (χ3v) is 2.95. The van der Waals surface area contributed by atoms with E-state index in [1.54, 1.807) is 0 Å². The summed E-state index contributed by atoms with van der Waals surface area (Å²) in [5, 5.41) is 12.5. The number of aliphatic hydroxyl groups excluding tert-OH is 1. The van der Waals surface area contributed by atoms with Gasteiger partial charge in [-0.3, -0.25) is 0 Å². The van der Waals surface area contributed by atoms with Crippen LogP contribution >= 0.6 is 0 Å². The number of nitrogens with one attached hydrogen (secondary N) is 1. The Bertz CT molecular complexity index is 159. The Balaban J connectivity index is 2.07. The second-order valence-electron chi connectivity index (χ2n) is 4.76. The van der Waals surface area contributed by atoms with Crippen molar-refractivity contribution in [2.24, 2.45) is 5.92 Å². The van der Waals surface area contributed by atoms with Crippen LogP contribution in [-0.4, -0.2) is 48.8 Å². The lowest BCUT2D eigenvalue weighted by molar-refractivity contribution is 0.145. The molecule has 0 aromatic rings. The fourth-order valence-corrected chi connectivity index (χ4v) is 1.53. The predicted octanol–water partition coefficient (Wildman–Crippen LogP) is 0.687. The zero-order valence-corrected chi connectivity index (χ0v) is 9.66. The number of nitrogens with zero attached hydrogens (tertiary/aromatic N) is 1. The van der Waals surface area contributed by atoms with Crippen LogP contribution in [-0.2, 0) is 0 Å². The highest BCUT2D eigenvalue weighted by Gasteiger charge is 2.21. The van der Waals surface area contributed by atoms with Crippen molar-refractivity contribution in [3.05, 3.63) is 0 Å². The Morgan fingerprint density at radius 2 is 2.07 bits per heavy atom. The molecular formula is C11H24N2O. The van der Waals surface area contributed by atoms with Gasteiger partial charge in [0, 0.05) is 18.6 Å². The van der Waals surface area contributed by atoms with Crippen molar-refractivity contribution < 1.29 is 5.11 Å². The highest BCUT2D eigenvalue weighted by molar-refractivity contribution is 4.81. The van der Waals surface area contributed by atoms with E-state index < -0.39 is 0 Å². The molecule has 0 heterocycles. The third-order valence-electron chi connectivity index (χ3n) is 2.95. The second kappa shape index (κ2) is 5.69. The third kappa shape index (κ3) is 4.40. The number of rotatable bonds is 7. The molecule has 1 rings (SSSR count). The largest absolute Gasteiger partial charge is 0.395 e.